The molecule has 1 aromatic rings. The Morgan fingerprint density at radius 1 is 1.42 bits per heavy atom. The van der Waals surface area contributed by atoms with Gasteiger partial charge in [0.2, 0.25) is 11.8 Å². The Morgan fingerprint density at radius 3 is 2.53 bits per heavy atom. The number of nitrogens with two attached hydrogens (primary N) is 1. The molecular formula is C11H14N4O4. The normalized spacial score (nSPS) is 11.5. The molecule has 0 saturated carbocycles. The van der Waals surface area contributed by atoms with Crippen molar-refractivity contribution in [1.29, 1.82) is 0 Å². The molecule has 1 aromatic carbocycles. The number of carbonyl (C=O) groups excluding carboxylic acids is 2. The lowest BCUT2D eigenvalue weighted by atomic mass is 10.1. The van der Waals surface area contributed by atoms with Gasteiger partial charge in [-0.15, -0.1) is 0 Å². The van der Waals surface area contributed by atoms with Crippen LogP contribution in [0.5, 0.6) is 0 Å². The number of benzene rings is 1. The first-order chi connectivity index (χ1) is 8.86. The van der Waals surface area contributed by atoms with E-state index >= 15 is 0 Å². The topological polar surface area (TPSA) is 127 Å². The first-order valence-electron chi connectivity index (χ1n) is 5.43. The smallest absolute Gasteiger partial charge is 0.293 e. The largest absolute Gasteiger partial charge is 0.368 e. The summed E-state index contributed by atoms with van der Waals surface area (Å²) in [4.78, 5) is 32.6. The van der Waals surface area contributed by atoms with Gasteiger partial charge in [-0.25, -0.2) is 0 Å². The van der Waals surface area contributed by atoms with E-state index in [0.717, 1.165) is 6.07 Å². The molecule has 0 spiro atoms. The van der Waals surface area contributed by atoms with E-state index in [-0.39, 0.29) is 22.8 Å². The number of anilines is 1. The molecule has 2 amide bonds. The zero-order valence-electron chi connectivity index (χ0n) is 10.5. The molecule has 0 bridgehead atoms. The zero-order chi connectivity index (χ0) is 14.6. The van der Waals surface area contributed by atoms with Crippen molar-refractivity contribution in [1.82, 2.24) is 5.32 Å². The Balaban J connectivity index is 3.10. The van der Waals surface area contributed by atoms with E-state index in [1.807, 2.05) is 0 Å². The predicted octanol–water partition coefficient (Wildman–Crippen LogP) is 0.240. The highest BCUT2D eigenvalue weighted by Gasteiger charge is 2.20. The highest BCUT2D eigenvalue weighted by atomic mass is 16.6. The summed E-state index contributed by atoms with van der Waals surface area (Å²) >= 11 is 0. The number of likely N-dealkylation sites (N-methyl/N-ethyl adjacent to an activating group) is 1. The molecular weight excluding hydrogens is 252 g/mol. The maximum Gasteiger partial charge on any atom is 0.293 e. The molecule has 8 heteroatoms. The first kappa shape index (κ1) is 14.4. The Labute approximate surface area is 109 Å². The van der Waals surface area contributed by atoms with Gasteiger partial charge in [0.05, 0.1) is 4.92 Å². The molecule has 1 unspecified atom stereocenters. The molecule has 19 heavy (non-hydrogen) atoms. The summed E-state index contributed by atoms with van der Waals surface area (Å²) in [5.74, 6) is -1.07. The molecule has 1 atom stereocenters. The number of rotatable bonds is 5. The number of primary amides is 1. The average molecular weight is 266 g/mol. The van der Waals surface area contributed by atoms with Gasteiger partial charge in [0, 0.05) is 18.7 Å². The van der Waals surface area contributed by atoms with Gasteiger partial charge in [-0.1, -0.05) is 0 Å². The molecule has 1 rings (SSSR count). The van der Waals surface area contributed by atoms with Crippen molar-refractivity contribution in [2.45, 2.75) is 13.0 Å². The van der Waals surface area contributed by atoms with Gasteiger partial charge < -0.3 is 16.4 Å². The highest BCUT2D eigenvalue weighted by molar-refractivity contribution is 5.94. The van der Waals surface area contributed by atoms with E-state index in [1.165, 1.54) is 19.2 Å². The maximum absolute atomic E-state index is 11.4. The second-order valence-electron chi connectivity index (χ2n) is 3.83. The van der Waals surface area contributed by atoms with Crippen LogP contribution in [0.3, 0.4) is 0 Å². The van der Waals surface area contributed by atoms with E-state index in [2.05, 4.69) is 10.6 Å². The van der Waals surface area contributed by atoms with Gasteiger partial charge >= 0.3 is 0 Å². The van der Waals surface area contributed by atoms with Gasteiger partial charge in [0.15, 0.2) is 0 Å². The van der Waals surface area contributed by atoms with Crippen molar-refractivity contribution in [3.8, 4) is 0 Å². The fourth-order valence-electron chi connectivity index (χ4n) is 1.47. The number of nitro groups is 1. The van der Waals surface area contributed by atoms with Crippen molar-refractivity contribution in [3.05, 3.63) is 33.9 Å². The van der Waals surface area contributed by atoms with Crippen LogP contribution in [0.15, 0.2) is 18.2 Å². The Kier molecular flexibility index (Phi) is 4.41. The third-order valence-corrected chi connectivity index (χ3v) is 2.49. The summed E-state index contributed by atoms with van der Waals surface area (Å²) in [5, 5.41) is 16.1. The van der Waals surface area contributed by atoms with Crippen LogP contribution >= 0.6 is 0 Å². The Bertz CT molecular complexity index is 529. The minimum Gasteiger partial charge on any atom is -0.368 e. The molecule has 8 nitrogen and oxygen atoms in total. The number of hydrogen-bond acceptors (Lipinski definition) is 5. The van der Waals surface area contributed by atoms with Crippen molar-refractivity contribution in [2.24, 2.45) is 5.73 Å². The molecule has 0 aliphatic heterocycles. The number of hydrogen-bond donors (Lipinski definition) is 3. The van der Waals surface area contributed by atoms with Gasteiger partial charge in [0.25, 0.3) is 5.69 Å². The molecule has 0 heterocycles. The molecule has 0 aliphatic rings. The summed E-state index contributed by atoms with van der Waals surface area (Å²) in [6, 6.07) is 3.12. The lowest BCUT2D eigenvalue weighted by Gasteiger charge is -2.13. The Morgan fingerprint density at radius 2 is 2.05 bits per heavy atom. The zero-order valence-corrected chi connectivity index (χ0v) is 10.5. The SMILES string of the molecule is CNC(=O)C(C)Nc1ccc(C(N)=O)cc1[N+](=O)[O-]. The first-order valence-corrected chi connectivity index (χ1v) is 5.43. The molecule has 4 N–H and O–H groups in total. The maximum atomic E-state index is 11.4. The summed E-state index contributed by atoms with van der Waals surface area (Å²) < 4.78 is 0. The van der Waals surface area contributed by atoms with Crippen molar-refractivity contribution >= 4 is 23.2 Å². The lowest BCUT2D eigenvalue weighted by Crippen LogP contribution is -2.35. The monoisotopic (exact) mass is 266 g/mol. The number of nitrogens with one attached hydrogen (secondary N) is 2. The lowest BCUT2D eigenvalue weighted by molar-refractivity contribution is -0.384. The van der Waals surface area contributed by atoms with Gasteiger partial charge in [-0.3, -0.25) is 19.7 Å². The van der Waals surface area contributed by atoms with Gasteiger partial charge in [-0.05, 0) is 19.1 Å². The summed E-state index contributed by atoms with van der Waals surface area (Å²) in [7, 11) is 1.46. The predicted molar refractivity (Wildman–Crippen MR) is 68.8 cm³/mol. The van der Waals surface area contributed by atoms with E-state index < -0.39 is 16.9 Å². The summed E-state index contributed by atoms with van der Waals surface area (Å²) in [5.41, 5.74) is 4.92. The van der Waals surface area contributed by atoms with Crippen LogP contribution in [0.4, 0.5) is 11.4 Å². The van der Waals surface area contributed by atoms with E-state index in [9.17, 15) is 19.7 Å². The number of nitrogens with zero attached hydrogens (tertiary/aromatic N) is 1. The van der Waals surface area contributed by atoms with Crippen LogP contribution in [0.2, 0.25) is 0 Å². The van der Waals surface area contributed by atoms with E-state index in [0.29, 0.717) is 0 Å². The van der Waals surface area contributed by atoms with E-state index in [4.69, 9.17) is 5.73 Å². The molecule has 0 aliphatic carbocycles. The fraction of sp³-hybridized carbons (Fsp3) is 0.273. The molecule has 0 aromatic heterocycles. The van der Waals surface area contributed by atoms with Crippen molar-refractivity contribution in [2.75, 3.05) is 12.4 Å². The van der Waals surface area contributed by atoms with Gasteiger partial charge in [0.1, 0.15) is 11.7 Å². The third kappa shape index (κ3) is 3.41. The van der Waals surface area contributed by atoms with Crippen LogP contribution in [0.1, 0.15) is 17.3 Å². The minimum atomic E-state index is -0.756. The molecule has 102 valence electrons. The van der Waals surface area contributed by atoms with Crippen LogP contribution in [-0.2, 0) is 4.79 Å². The average Bonchev–Trinajstić information content (AvgIpc) is 2.37. The number of nitro benzene ring substituents is 1. The van der Waals surface area contributed by atoms with Crippen LogP contribution in [0, 0.1) is 10.1 Å². The second kappa shape index (κ2) is 5.80. The quantitative estimate of drug-likeness (QED) is 0.519. The molecule has 0 saturated heterocycles. The van der Waals surface area contributed by atoms with Crippen molar-refractivity contribution < 1.29 is 14.5 Å². The van der Waals surface area contributed by atoms with Crippen molar-refractivity contribution in [3.63, 3.8) is 0 Å². The summed E-state index contributed by atoms with van der Waals surface area (Å²) in [6.45, 7) is 1.56. The van der Waals surface area contributed by atoms with Crippen LogP contribution in [-0.4, -0.2) is 29.8 Å². The minimum absolute atomic E-state index is 0.0323. The Hall–Kier alpha value is -2.64. The summed E-state index contributed by atoms with van der Waals surface area (Å²) in [6.07, 6.45) is 0. The number of carbonyl (C=O) groups is 2. The number of amides is 2. The molecule has 0 radical (unpaired) electrons. The standard InChI is InChI=1S/C11H14N4O4/c1-6(11(17)13-2)14-8-4-3-7(10(12)16)5-9(8)15(18)19/h3-6,14H,1-2H3,(H2,12,16)(H,13,17). The fourth-order valence-corrected chi connectivity index (χ4v) is 1.47. The van der Waals surface area contributed by atoms with Crippen LogP contribution < -0.4 is 16.4 Å². The van der Waals surface area contributed by atoms with Gasteiger partial charge in [-0.2, -0.15) is 0 Å². The molecule has 0 fully saturated rings. The van der Waals surface area contributed by atoms with E-state index in [1.54, 1.807) is 6.92 Å². The highest BCUT2D eigenvalue weighted by Crippen LogP contribution is 2.26. The third-order valence-electron chi connectivity index (χ3n) is 2.49. The van der Waals surface area contributed by atoms with Crippen LogP contribution in [0.25, 0.3) is 0 Å². The second-order valence-corrected chi connectivity index (χ2v) is 3.83.